The van der Waals surface area contributed by atoms with Gasteiger partial charge in [-0.05, 0) is 0 Å². The van der Waals surface area contributed by atoms with E-state index in [1.165, 1.54) is 107 Å². The molecule has 6 aliphatic heterocycles. The van der Waals surface area contributed by atoms with Crippen LogP contribution in [0.2, 0.25) is 0 Å². The molecule has 6 fully saturated rings. The molecule has 6 rings (SSSR count). The Kier molecular flexibility index (Phi) is 31.6. The summed E-state index contributed by atoms with van der Waals surface area (Å²) in [5.41, 5.74) is 0. The van der Waals surface area contributed by atoms with Crippen molar-refractivity contribution in [2.75, 3.05) is 175 Å². The number of aliphatic hydroxyl groups is 1. The zero-order chi connectivity index (χ0) is 62.8. The van der Waals surface area contributed by atoms with Gasteiger partial charge in [-0.15, -0.1) is 0 Å². The lowest BCUT2D eigenvalue weighted by atomic mass is 9.96. The van der Waals surface area contributed by atoms with Crippen molar-refractivity contribution in [1.82, 2.24) is 0 Å². The molecule has 1 unspecified atom stereocenters. The molecule has 31 heteroatoms. The van der Waals surface area contributed by atoms with Gasteiger partial charge in [0.05, 0.1) is 39.6 Å². The van der Waals surface area contributed by atoms with Crippen molar-refractivity contribution in [1.29, 1.82) is 0 Å². The van der Waals surface area contributed by atoms with Gasteiger partial charge < -0.3 is 147 Å². The molecule has 30 atom stereocenters. The van der Waals surface area contributed by atoms with Crippen LogP contribution in [0.1, 0.15) is 0 Å². The lowest BCUT2D eigenvalue weighted by molar-refractivity contribution is -0.360. The van der Waals surface area contributed by atoms with Gasteiger partial charge >= 0.3 is 0 Å². The number of ether oxygens (including phenoxy) is 30. The Morgan fingerprint density at radius 3 is 0.535 bits per heavy atom. The van der Waals surface area contributed by atoms with E-state index in [9.17, 15) is 5.11 Å². The van der Waals surface area contributed by atoms with Gasteiger partial charge in [0.25, 0.3) is 0 Å². The van der Waals surface area contributed by atoms with Gasteiger partial charge in [0.15, 0.2) is 37.7 Å². The minimum atomic E-state index is -1.34. The van der Waals surface area contributed by atoms with E-state index >= 15 is 0 Å². The summed E-state index contributed by atoms with van der Waals surface area (Å²) in [6.45, 7) is -0.411. The first-order valence-electron chi connectivity index (χ1n) is 28.4. The Labute approximate surface area is 505 Å². The monoisotopic (exact) mass is 1260 g/mol. The molecule has 86 heavy (non-hydrogen) atoms. The van der Waals surface area contributed by atoms with Gasteiger partial charge in [-0.25, -0.2) is 0 Å². The molecule has 0 aliphatic carbocycles. The first-order chi connectivity index (χ1) is 41.8. The SMILES string of the molecule is COC[C@H]1O[C@H](OC[C@H]2O[C@H](OC[C@H]3O[C@H](OC[C@H]4O[C@H](OC[C@H]5O[C@H](OC[C@H]6OC(O)[C@H](OC)[C@@H](OC)[C@@H]6OC)[C@H](OC)[C@@H](OC)[C@@H]5OC)[C@H](OC)[C@@H](OC)[C@@H]4OC)[C@H](OC)[C@@H](OC)[C@@H]3OC)[C@H](OC)[C@@H](OC)[C@@H]2OC)[C@H](OC)[C@@H](OC)[C@@H]1OC. The predicted molar refractivity (Wildman–Crippen MR) is 290 cm³/mol. The minimum absolute atomic E-state index is 0.0650. The summed E-state index contributed by atoms with van der Waals surface area (Å²) in [6, 6.07) is 0. The second-order valence-corrected chi connectivity index (χ2v) is 21.0. The van der Waals surface area contributed by atoms with Gasteiger partial charge in [0.1, 0.15) is 146 Å². The lowest BCUT2D eigenvalue weighted by Gasteiger charge is -2.48. The minimum Gasteiger partial charge on any atom is -0.382 e. The van der Waals surface area contributed by atoms with Crippen molar-refractivity contribution >= 4 is 0 Å². The van der Waals surface area contributed by atoms with Gasteiger partial charge in [0, 0.05) is 135 Å². The fraction of sp³-hybridized carbons (Fsp3) is 1.00. The quantitative estimate of drug-likeness (QED) is 0.0742. The van der Waals surface area contributed by atoms with Gasteiger partial charge in [0.2, 0.25) is 0 Å². The van der Waals surface area contributed by atoms with Crippen LogP contribution in [0.15, 0.2) is 0 Å². The Hall–Kier alpha value is -1.24. The smallest absolute Gasteiger partial charge is 0.187 e. The summed E-state index contributed by atoms with van der Waals surface area (Å²) in [5.74, 6) is 0. The third kappa shape index (κ3) is 16.6. The Balaban J connectivity index is 1.16. The highest BCUT2D eigenvalue weighted by Crippen LogP contribution is 2.37. The molecule has 0 spiro atoms. The predicted octanol–water partition coefficient (Wildman–Crippen LogP) is -1.67. The third-order valence-electron chi connectivity index (χ3n) is 16.9. The molecular weight excluding hydrogens is 1160 g/mol. The number of hydrogen-bond donors (Lipinski definition) is 1. The molecule has 1 N–H and O–H groups in total. The van der Waals surface area contributed by atoms with E-state index in [2.05, 4.69) is 0 Å². The molecule has 31 nitrogen and oxygen atoms in total. The van der Waals surface area contributed by atoms with Crippen molar-refractivity contribution in [3.8, 4) is 0 Å². The van der Waals surface area contributed by atoms with Crippen molar-refractivity contribution in [2.24, 2.45) is 0 Å². The first-order valence-corrected chi connectivity index (χ1v) is 28.4. The van der Waals surface area contributed by atoms with E-state index in [-0.39, 0.29) is 39.6 Å². The molecule has 0 radical (unpaired) electrons. The van der Waals surface area contributed by atoms with E-state index < -0.39 is 184 Å². The van der Waals surface area contributed by atoms with E-state index in [1.807, 2.05) is 0 Å². The van der Waals surface area contributed by atoms with Crippen molar-refractivity contribution in [3.05, 3.63) is 0 Å². The van der Waals surface area contributed by atoms with Crippen LogP contribution in [0.4, 0.5) is 0 Å². The average molecular weight is 1260 g/mol. The summed E-state index contributed by atoms with van der Waals surface area (Å²) < 4.78 is 183. The zero-order valence-electron chi connectivity index (χ0n) is 53.3. The van der Waals surface area contributed by atoms with Crippen LogP contribution in [0.3, 0.4) is 0 Å². The standard InChI is InChI=1S/C55H100O31/c1-57-20-26-32(58-2)39(65-9)45(71-15)51(82-26)77-22-28-34(60-4)41(67-11)47(73-17)53(84-28)79-24-30-36(62-6)43(69-13)49(75-19)55(86-30)80-25-31-37(63-7)42(68-12)48(74-18)54(85-31)78-23-29-35(61-5)40(66-10)46(72-16)52(83-29)76-21-27-33(59-3)38(64-8)44(70-14)50(56)81-27/h26-56H,20-25H2,1-19H3/t26-,27-,28-,29-,30-,31-,32-,33-,34-,35-,36-,37-,38+,39+,40+,41+,42+,43+,44-,45-,46-,47-,48-,49-,50?,51+,52+,53+,54+,55+/m1/s1. The fourth-order valence-electron chi connectivity index (χ4n) is 12.7. The second-order valence-electron chi connectivity index (χ2n) is 21.0. The third-order valence-corrected chi connectivity index (χ3v) is 16.9. The van der Waals surface area contributed by atoms with Crippen LogP contribution in [0, 0.1) is 0 Å². The Bertz CT molecular complexity index is 1840. The summed E-state index contributed by atoms with van der Waals surface area (Å²) in [5, 5.41) is 10.8. The van der Waals surface area contributed by atoms with Crippen LogP contribution in [-0.2, 0) is 142 Å². The Morgan fingerprint density at radius 2 is 0.360 bits per heavy atom. The van der Waals surface area contributed by atoms with Crippen LogP contribution in [0.5, 0.6) is 0 Å². The van der Waals surface area contributed by atoms with Gasteiger partial charge in [-0.2, -0.15) is 0 Å². The topological polar surface area (TPSA) is 297 Å². The maximum atomic E-state index is 10.8. The van der Waals surface area contributed by atoms with Crippen molar-refractivity contribution in [3.63, 3.8) is 0 Å². The van der Waals surface area contributed by atoms with Crippen molar-refractivity contribution < 1.29 is 147 Å². The summed E-state index contributed by atoms with van der Waals surface area (Å²) in [6.07, 6.45) is -24.5. The molecule has 0 bridgehead atoms. The van der Waals surface area contributed by atoms with Gasteiger partial charge in [-0.1, -0.05) is 0 Å². The zero-order valence-corrected chi connectivity index (χ0v) is 53.3. The molecule has 0 aromatic rings. The lowest BCUT2D eigenvalue weighted by Crippen LogP contribution is -2.65. The molecule has 0 aromatic carbocycles. The molecule has 0 saturated carbocycles. The fourth-order valence-corrected chi connectivity index (χ4v) is 12.7. The van der Waals surface area contributed by atoms with Crippen molar-refractivity contribution in [2.45, 2.75) is 184 Å². The van der Waals surface area contributed by atoms with Crippen LogP contribution < -0.4 is 0 Å². The molecule has 506 valence electrons. The highest BCUT2D eigenvalue weighted by Gasteiger charge is 2.56. The molecule has 0 amide bonds. The second kappa shape index (κ2) is 36.9. The van der Waals surface area contributed by atoms with E-state index in [0.29, 0.717) is 0 Å². The first kappa shape index (κ1) is 73.8. The summed E-state index contributed by atoms with van der Waals surface area (Å²) in [7, 11) is 28.9. The highest BCUT2D eigenvalue weighted by molar-refractivity contribution is 4.99. The number of methoxy groups -OCH3 is 19. The van der Waals surface area contributed by atoms with Crippen LogP contribution >= 0.6 is 0 Å². The maximum absolute atomic E-state index is 10.8. The molecule has 0 aromatic heterocycles. The number of aliphatic hydroxyl groups excluding tert-OH is 1. The summed E-state index contributed by atoms with van der Waals surface area (Å²) >= 11 is 0. The normalized spacial score (nSPS) is 44.2. The van der Waals surface area contributed by atoms with Crippen LogP contribution in [-0.4, -0.2) is 364 Å². The maximum Gasteiger partial charge on any atom is 0.187 e. The number of rotatable bonds is 35. The van der Waals surface area contributed by atoms with Gasteiger partial charge in [-0.3, -0.25) is 0 Å². The van der Waals surface area contributed by atoms with E-state index in [1.54, 1.807) is 28.4 Å². The van der Waals surface area contributed by atoms with E-state index in [4.69, 9.17) is 142 Å². The molecular formula is C55H100O31. The van der Waals surface area contributed by atoms with E-state index in [0.717, 1.165) is 0 Å². The molecule has 6 heterocycles. The molecule has 6 aliphatic rings. The van der Waals surface area contributed by atoms with Crippen LogP contribution in [0.25, 0.3) is 0 Å². The average Bonchev–Trinajstić information content (AvgIpc) is 1.54. The number of hydrogen-bond acceptors (Lipinski definition) is 31. The summed E-state index contributed by atoms with van der Waals surface area (Å²) in [4.78, 5) is 0. The Morgan fingerprint density at radius 1 is 0.198 bits per heavy atom. The molecule has 6 saturated heterocycles. The highest BCUT2D eigenvalue weighted by atomic mass is 16.8. The largest absolute Gasteiger partial charge is 0.382 e.